The summed E-state index contributed by atoms with van der Waals surface area (Å²) in [7, 11) is 0. The topological polar surface area (TPSA) is 84.1 Å². The lowest BCUT2D eigenvalue weighted by Crippen LogP contribution is -2.13. The molecule has 0 unspecified atom stereocenters. The predicted octanol–water partition coefficient (Wildman–Crippen LogP) is 0.935. The fourth-order valence-corrected chi connectivity index (χ4v) is 0.978. The van der Waals surface area contributed by atoms with Crippen LogP contribution in [0, 0.1) is 0 Å². The van der Waals surface area contributed by atoms with Crippen LogP contribution in [0.4, 0.5) is 5.69 Å². The van der Waals surface area contributed by atoms with Gasteiger partial charge < -0.3 is 10.1 Å². The van der Waals surface area contributed by atoms with Crippen molar-refractivity contribution < 1.29 is 14.3 Å². The molecule has 0 bridgehead atoms. The van der Waals surface area contributed by atoms with Gasteiger partial charge in [-0.15, -0.1) is 0 Å². The molecule has 1 amide bonds. The second kappa shape index (κ2) is 5.14. The number of carbonyl (C=O) groups excluding carboxylic acids is 2. The summed E-state index contributed by atoms with van der Waals surface area (Å²) < 4.78 is 4.78. The van der Waals surface area contributed by atoms with E-state index in [1.165, 1.54) is 6.20 Å². The van der Waals surface area contributed by atoms with Crippen molar-refractivity contribution in [3.63, 3.8) is 0 Å². The van der Waals surface area contributed by atoms with Gasteiger partial charge in [-0.05, 0) is 6.92 Å². The third-order valence-electron chi connectivity index (χ3n) is 1.71. The second-order valence-electron chi connectivity index (χ2n) is 2.78. The van der Waals surface area contributed by atoms with Crippen LogP contribution < -0.4 is 5.32 Å². The molecule has 0 aromatic carbocycles. The van der Waals surface area contributed by atoms with Crippen molar-refractivity contribution in [3.05, 3.63) is 11.9 Å². The number of carbonyl (C=O) groups is 2. The first-order chi connectivity index (χ1) is 7.19. The fourth-order valence-electron chi connectivity index (χ4n) is 0.978. The van der Waals surface area contributed by atoms with Crippen molar-refractivity contribution in [1.82, 2.24) is 10.2 Å². The minimum atomic E-state index is -0.526. The fraction of sp³-hybridized carbons (Fsp3) is 0.444. The number of ether oxygens (including phenoxy) is 1. The minimum Gasteiger partial charge on any atom is -0.461 e. The van der Waals surface area contributed by atoms with Crippen LogP contribution in [0.15, 0.2) is 6.20 Å². The van der Waals surface area contributed by atoms with E-state index in [1.54, 1.807) is 13.8 Å². The molecule has 6 nitrogen and oxygen atoms in total. The van der Waals surface area contributed by atoms with Crippen molar-refractivity contribution in [1.29, 1.82) is 0 Å². The quantitative estimate of drug-likeness (QED) is 0.726. The Bertz CT molecular complexity index is 359. The molecule has 0 radical (unpaired) electrons. The first kappa shape index (κ1) is 11.2. The summed E-state index contributed by atoms with van der Waals surface area (Å²) in [6.45, 7) is 3.71. The number of nitrogens with zero attached hydrogens (tertiary/aromatic N) is 1. The van der Waals surface area contributed by atoms with Crippen molar-refractivity contribution >= 4 is 17.6 Å². The van der Waals surface area contributed by atoms with Crippen LogP contribution >= 0.6 is 0 Å². The van der Waals surface area contributed by atoms with Gasteiger partial charge >= 0.3 is 5.97 Å². The van der Waals surface area contributed by atoms with E-state index in [2.05, 4.69) is 15.5 Å². The van der Waals surface area contributed by atoms with Gasteiger partial charge in [0.25, 0.3) is 0 Å². The molecule has 1 rings (SSSR count). The van der Waals surface area contributed by atoms with Crippen LogP contribution in [0.5, 0.6) is 0 Å². The number of amides is 1. The number of H-pyrrole nitrogens is 1. The molecule has 0 saturated heterocycles. The Hall–Kier alpha value is -1.85. The molecule has 0 saturated carbocycles. The highest BCUT2D eigenvalue weighted by atomic mass is 16.5. The Morgan fingerprint density at radius 1 is 1.53 bits per heavy atom. The molecule has 0 aliphatic heterocycles. The number of aromatic nitrogens is 2. The summed E-state index contributed by atoms with van der Waals surface area (Å²) in [5.74, 6) is -0.705. The highest BCUT2D eigenvalue weighted by Crippen LogP contribution is 2.12. The van der Waals surface area contributed by atoms with E-state index in [0.717, 1.165) is 0 Å². The van der Waals surface area contributed by atoms with E-state index in [-0.39, 0.29) is 18.2 Å². The van der Waals surface area contributed by atoms with Gasteiger partial charge in [-0.3, -0.25) is 9.89 Å². The van der Waals surface area contributed by atoms with Crippen molar-refractivity contribution in [2.75, 3.05) is 11.9 Å². The lowest BCUT2D eigenvalue weighted by molar-refractivity contribution is -0.115. The molecule has 15 heavy (non-hydrogen) atoms. The van der Waals surface area contributed by atoms with E-state index in [0.29, 0.717) is 12.1 Å². The van der Waals surface area contributed by atoms with Crippen LogP contribution in [0.1, 0.15) is 30.8 Å². The highest BCUT2D eigenvalue weighted by Gasteiger charge is 2.15. The standard InChI is InChI=1S/C9H13N3O3/c1-3-7(13)11-6-5-10-12-8(6)9(14)15-4-2/h5H,3-4H2,1-2H3,(H,10,12)(H,11,13). The Labute approximate surface area is 87.0 Å². The van der Waals surface area contributed by atoms with Crippen LogP contribution in [0.25, 0.3) is 0 Å². The SMILES string of the molecule is CCOC(=O)c1[nH]ncc1NC(=O)CC. The van der Waals surface area contributed by atoms with Crippen LogP contribution in [0.3, 0.4) is 0 Å². The van der Waals surface area contributed by atoms with Crippen LogP contribution in [-0.2, 0) is 9.53 Å². The summed E-state index contributed by atoms with van der Waals surface area (Å²) in [4.78, 5) is 22.5. The molecule has 6 heteroatoms. The van der Waals surface area contributed by atoms with Gasteiger partial charge in [0.15, 0.2) is 5.69 Å². The van der Waals surface area contributed by atoms with Gasteiger partial charge in [0, 0.05) is 6.42 Å². The summed E-state index contributed by atoms with van der Waals surface area (Å²) in [6.07, 6.45) is 1.72. The average Bonchev–Trinajstić information content (AvgIpc) is 2.66. The van der Waals surface area contributed by atoms with Gasteiger partial charge in [-0.25, -0.2) is 4.79 Å². The van der Waals surface area contributed by atoms with E-state index in [9.17, 15) is 9.59 Å². The molecular weight excluding hydrogens is 198 g/mol. The van der Waals surface area contributed by atoms with Gasteiger partial charge in [0.05, 0.1) is 18.5 Å². The van der Waals surface area contributed by atoms with E-state index < -0.39 is 5.97 Å². The molecule has 0 aliphatic carbocycles. The second-order valence-corrected chi connectivity index (χ2v) is 2.78. The Kier molecular flexibility index (Phi) is 3.84. The summed E-state index contributed by atoms with van der Waals surface area (Å²) in [5, 5.41) is 8.70. The Morgan fingerprint density at radius 3 is 2.87 bits per heavy atom. The van der Waals surface area contributed by atoms with Crippen molar-refractivity contribution in [2.45, 2.75) is 20.3 Å². The van der Waals surface area contributed by atoms with Crippen LogP contribution in [0.2, 0.25) is 0 Å². The number of esters is 1. The van der Waals surface area contributed by atoms with Gasteiger partial charge in [0.1, 0.15) is 0 Å². The molecular formula is C9H13N3O3. The molecule has 1 aromatic heterocycles. The predicted molar refractivity (Wildman–Crippen MR) is 53.5 cm³/mol. The smallest absolute Gasteiger partial charge is 0.358 e. The Balaban J connectivity index is 2.77. The van der Waals surface area contributed by atoms with Gasteiger partial charge in [-0.1, -0.05) is 6.92 Å². The molecule has 0 aliphatic rings. The maximum atomic E-state index is 11.4. The normalized spacial score (nSPS) is 9.73. The summed E-state index contributed by atoms with van der Waals surface area (Å²) in [5.41, 5.74) is 0.513. The molecule has 1 aromatic rings. The molecule has 1 heterocycles. The zero-order valence-electron chi connectivity index (χ0n) is 8.66. The lowest BCUT2D eigenvalue weighted by atomic mass is 10.3. The molecule has 0 fully saturated rings. The molecule has 2 N–H and O–H groups in total. The maximum absolute atomic E-state index is 11.4. The van der Waals surface area contributed by atoms with E-state index in [1.807, 2.05) is 0 Å². The highest BCUT2D eigenvalue weighted by molar-refractivity contribution is 5.99. The summed E-state index contributed by atoms with van der Waals surface area (Å²) in [6, 6.07) is 0. The molecule has 82 valence electrons. The Morgan fingerprint density at radius 2 is 2.27 bits per heavy atom. The monoisotopic (exact) mass is 211 g/mol. The third-order valence-corrected chi connectivity index (χ3v) is 1.71. The minimum absolute atomic E-state index is 0.165. The largest absolute Gasteiger partial charge is 0.461 e. The van der Waals surface area contributed by atoms with E-state index in [4.69, 9.17) is 4.74 Å². The average molecular weight is 211 g/mol. The van der Waals surface area contributed by atoms with Crippen molar-refractivity contribution in [2.24, 2.45) is 0 Å². The van der Waals surface area contributed by atoms with Crippen molar-refractivity contribution in [3.8, 4) is 0 Å². The lowest BCUT2D eigenvalue weighted by Gasteiger charge is -2.03. The number of nitrogens with one attached hydrogen (secondary N) is 2. The number of aromatic amines is 1. The number of rotatable bonds is 4. The third kappa shape index (κ3) is 2.80. The first-order valence-electron chi connectivity index (χ1n) is 4.69. The molecule has 0 atom stereocenters. The number of hydrogen-bond acceptors (Lipinski definition) is 4. The zero-order valence-corrected chi connectivity index (χ0v) is 8.66. The summed E-state index contributed by atoms with van der Waals surface area (Å²) >= 11 is 0. The van der Waals surface area contributed by atoms with Gasteiger partial charge in [-0.2, -0.15) is 5.10 Å². The van der Waals surface area contributed by atoms with Crippen LogP contribution in [-0.4, -0.2) is 28.7 Å². The number of anilines is 1. The molecule has 0 spiro atoms. The first-order valence-corrected chi connectivity index (χ1v) is 4.69. The zero-order chi connectivity index (χ0) is 11.3. The maximum Gasteiger partial charge on any atom is 0.358 e. The number of hydrogen-bond donors (Lipinski definition) is 2. The van der Waals surface area contributed by atoms with E-state index >= 15 is 0 Å². The van der Waals surface area contributed by atoms with Gasteiger partial charge in [0.2, 0.25) is 5.91 Å².